The largest absolute Gasteiger partial charge is 0.465 e. The summed E-state index contributed by atoms with van der Waals surface area (Å²) in [6.45, 7) is 0. The molecule has 1 saturated carbocycles. The molecule has 0 aromatic rings. The minimum atomic E-state index is -0.959. The second-order valence-electron chi connectivity index (χ2n) is 2.76. The maximum absolute atomic E-state index is 10.3. The molecule has 2 N–H and O–H groups in total. The van der Waals surface area contributed by atoms with Crippen LogP contribution in [0.25, 0.3) is 0 Å². The van der Waals surface area contributed by atoms with E-state index in [4.69, 9.17) is 9.84 Å². The number of carboxylic acid groups (broad SMARTS) is 1. The van der Waals surface area contributed by atoms with Gasteiger partial charge in [0.05, 0.1) is 12.1 Å². The van der Waals surface area contributed by atoms with Gasteiger partial charge in [0.25, 0.3) is 0 Å². The Morgan fingerprint density at radius 2 is 2.36 bits per heavy atom. The average molecular weight is 159 g/mol. The minimum absolute atomic E-state index is 0.00231. The van der Waals surface area contributed by atoms with Crippen LogP contribution >= 0.6 is 0 Å². The zero-order valence-electron chi connectivity index (χ0n) is 6.54. The van der Waals surface area contributed by atoms with Crippen LogP contribution < -0.4 is 5.32 Å². The first-order valence-electron chi connectivity index (χ1n) is 3.76. The first kappa shape index (κ1) is 8.33. The topological polar surface area (TPSA) is 58.6 Å². The Morgan fingerprint density at radius 1 is 1.64 bits per heavy atom. The van der Waals surface area contributed by atoms with Gasteiger partial charge >= 0.3 is 6.09 Å². The molecule has 1 aliphatic carbocycles. The molecule has 0 aliphatic heterocycles. The number of nitrogens with one attached hydrogen (secondary N) is 1. The number of methoxy groups -OCH3 is 1. The van der Waals surface area contributed by atoms with Crippen molar-refractivity contribution in [2.45, 2.75) is 31.4 Å². The predicted molar refractivity (Wildman–Crippen MR) is 39.6 cm³/mol. The second kappa shape index (κ2) is 3.57. The first-order valence-corrected chi connectivity index (χ1v) is 3.76. The molecule has 4 nitrogen and oxygen atoms in total. The normalized spacial score (nSPS) is 30.3. The van der Waals surface area contributed by atoms with Crippen LogP contribution in [0.15, 0.2) is 0 Å². The van der Waals surface area contributed by atoms with Crippen molar-refractivity contribution >= 4 is 6.09 Å². The van der Waals surface area contributed by atoms with Crippen molar-refractivity contribution in [3.8, 4) is 0 Å². The van der Waals surface area contributed by atoms with Crippen molar-refractivity contribution in [1.82, 2.24) is 5.32 Å². The molecule has 0 spiro atoms. The van der Waals surface area contributed by atoms with Gasteiger partial charge < -0.3 is 15.2 Å². The van der Waals surface area contributed by atoms with Gasteiger partial charge in [0.2, 0.25) is 0 Å². The van der Waals surface area contributed by atoms with Gasteiger partial charge in [-0.25, -0.2) is 4.79 Å². The molecule has 0 aromatic carbocycles. The standard InChI is InChI=1S/C7H13NO3/c1-11-6-4-2-3-5(6)8-7(9)10/h5-6,8H,2-4H2,1H3,(H,9,10)/t5-,6-/m1/s1. The van der Waals surface area contributed by atoms with Crippen molar-refractivity contribution < 1.29 is 14.6 Å². The fourth-order valence-corrected chi connectivity index (χ4v) is 1.53. The summed E-state index contributed by atoms with van der Waals surface area (Å²) in [5, 5.41) is 10.9. The molecule has 1 amide bonds. The summed E-state index contributed by atoms with van der Waals surface area (Å²) in [7, 11) is 1.62. The molecule has 64 valence electrons. The van der Waals surface area contributed by atoms with Gasteiger partial charge in [-0.3, -0.25) is 0 Å². The average Bonchev–Trinajstić information content (AvgIpc) is 2.34. The van der Waals surface area contributed by atoms with E-state index in [9.17, 15) is 4.79 Å². The van der Waals surface area contributed by atoms with Gasteiger partial charge in [0, 0.05) is 7.11 Å². The van der Waals surface area contributed by atoms with Gasteiger partial charge in [-0.1, -0.05) is 0 Å². The van der Waals surface area contributed by atoms with E-state index >= 15 is 0 Å². The number of hydrogen-bond acceptors (Lipinski definition) is 2. The molecule has 0 heterocycles. The highest BCUT2D eigenvalue weighted by molar-refractivity contribution is 5.65. The first-order chi connectivity index (χ1) is 5.24. The Hall–Kier alpha value is -0.770. The van der Waals surface area contributed by atoms with Crippen molar-refractivity contribution in [2.75, 3.05) is 7.11 Å². The Balaban J connectivity index is 2.37. The highest BCUT2D eigenvalue weighted by Gasteiger charge is 2.27. The minimum Gasteiger partial charge on any atom is -0.465 e. The molecule has 1 aliphatic rings. The molecule has 11 heavy (non-hydrogen) atoms. The third kappa shape index (κ3) is 2.08. The van der Waals surface area contributed by atoms with Gasteiger partial charge in [0.1, 0.15) is 0 Å². The van der Waals surface area contributed by atoms with Gasteiger partial charge in [0.15, 0.2) is 0 Å². The van der Waals surface area contributed by atoms with Gasteiger partial charge in [-0.15, -0.1) is 0 Å². The zero-order chi connectivity index (χ0) is 8.27. The van der Waals surface area contributed by atoms with Crippen LogP contribution in [-0.4, -0.2) is 30.5 Å². The van der Waals surface area contributed by atoms with Crippen molar-refractivity contribution in [1.29, 1.82) is 0 Å². The number of ether oxygens (including phenoxy) is 1. The quantitative estimate of drug-likeness (QED) is 0.627. The van der Waals surface area contributed by atoms with E-state index in [0.29, 0.717) is 0 Å². The lowest BCUT2D eigenvalue weighted by atomic mass is 10.2. The fraction of sp³-hybridized carbons (Fsp3) is 0.857. The summed E-state index contributed by atoms with van der Waals surface area (Å²) in [5.74, 6) is 0. The monoisotopic (exact) mass is 159 g/mol. The number of amides is 1. The summed E-state index contributed by atoms with van der Waals surface area (Å²) >= 11 is 0. The summed E-state index contributed by atoms with van der Waals surface area (Å²) in [4.78, 5) is 10.3. The number of hydrogen-bond donors (Lipinski definition) is 2. The Labute approximate surface area is 65.5 Å². The lowest BCUT2D eigenvalue weighted by Gasteiger charge is -2.17. The van der Waals surface area contributed by atoms with E-state index in [2.05, 4.69) is 5.32 Å². The molecule has 1 rings (SSSR count). The van der Waals surface area contributed by atoms with Crippen molar-refractivity contribution in [3.05, 3.63) is 0 Å². The number of rotatable bonds is 2. The summed E-state index contributed by atoms with van der Waals surface area (Å²) in [6.07, 6.45) is 2.01. The molecule has 0 bridgehead atoms. The molecule has 1 fully saturated rings. The van der Waals surface area contributed by atoms with E-state index in [-0.39, 0.29) is 12.1 Å². The zero-order valence-corrected chi connectivity index (χ0v) is 6.54. The smallest absolute Gasteiger partial charge is 0.404 e. The van der Waals surface area contributed by atoms with Crippen LogP contribution in [0.4, 0.5) is 4.79 Å². The third-order valence-corrected chi connectivity index (χ3v) is 2.06. The van der Waals surface area contributed by atoms with E-state index in [1.165, 1.54) is 0 Å². The SMILES string of the molecule is CO[C@@H]1CCC[C@H]1NC(=O)O. The van der Waals surface area contributed by atoms with Crippen LogP contribution in [0.2, 0.25) is 0 Å². The Bertz CT molecular complexity index is 149. The van der Waals surface area contributed by atoms with E-state index in [1.54, 1.807) is 7.11 Å². The molecule has 0 unspecified atom stereocenters. The van der Waals surface area contributed by atoms with Crippen molar-refractivity contribution in [2.24, 2.45) is 0 Å². The highest BCUT2D eigenvalue weighted by Crippen LogP contribution is 2.21. The summed E-state index contributed by atoms with van der Waals surface area (Å²) in [6, 6.07) is -0.00231. The van der Waals surface area contributed by atoms with Crippen LogP contribution in [0.5, 0.6) is 0 Å². The molecule has 4 heteroatoms. The predicted octanol–water partition coefficient (Wildman–Crippen LogP) is 0.822. The molecular formula is C7H13NO3. The molecule has 0 radical (unpaired) electrons. The number of carbonyl (C=O) groups is 1. The third-order valence-electron chi connectivity index (χ3n) is 2.06. The highest BCUT2D eigenvalue weighted by atomic mass is 16.5. The van der Waals surface area contributed by atoms with Gasteiger partial charge in [-0.2, -0.15) is 0 Å². The fourth-order valence-electron chi connectivity index (χ4n) is 1.53. The van der Waals surface area contributed by atoms with Gasteiger partial charge in [-0.05, 0) is 19.3 Å². The second-order valence-corrected chi connectivity index (χ2v) is 2.76. The lowest BCUT2D eigenvalue weighted by Crippen LogP contribution is -2.39. The molecule has 0 aromatic heterocycles. The summed E-state index contributed by atoms with van der Waals surface area (Å²) in [5.41, 5.74) is 0. The van der Waals surface area contributed by atoms with E-state index < -0.39 is 6.09 Å². The molecule has 2 atom stereocenters. The van der Waals surface area contributed by atoms with Crippen LogP contribution in [0.1, 0.15) is 19.3 Å². The van der Waals surface area contributed by atoms with Crippen LogP contribution in [-0.2, 0) is 4.74 Å². The molecular weight excluding hydrogens is 146 g/mol. The van der Waals surface area contributed by atoms with Crippen LogP contribution in [0.3, 0.4) is 0 Å². The van der Waals surface area contributed by atoms with Crippen molar-refractivity contribution in [3.63, 3.8) is 0 Å². The van der Waals surface area contributed by atoms with E-state index in [0.717, 1.165) is 19.3 Å². The van der Waals surface area contributed by atoms with E-state index in [1.807, 2.05) is 0 Å². The lowest BCUT2D eigenvalue weighted by molar-refractivity contribution is 0.0837. The maximum Gasteiger partial charge on any atom is 0.404 e. The Kier molecular flexibility index (Phi) is 2.70. The summed E-state index contributed by atoms with van der Waals surface area (Å²) < 4.78 is 5.10. The molecule has 0 saturated heterocycles. The Morgan fingerprint density at radius 3 is 2.91 bits per heavy atom. The van der Waals surface area contributed by atoms with Crippen LogP contribution in [0, 0.1) is 0 Å². The maximum atomic E-state index is 10.3.